The van der Waals surface area contributed by atoms with Crippen LogP contribution < -0.4 is 4.74 Å². The van der Waals surface area contributed by atoms with E-state index in [-0.39, 0.29) is 5.41 Å². The number of pyridine rings is 1. The maximum absolute atomic E-state index is 5.51. The van der Waals surface area contributed by atoms with Crippen molar-refractivity contribution in [1.29, 1.82) is 0 Å². The summed E-state index contributed by atoms with van der Waals surface area (Å²) in [4.78, 5) is 4.66. The fourth-order valence-electron chi connectivity index (χ4n) is 3.06. The Morgan fingerprint density at radius 3 is 2.56 bits per heavy atom. The average Bonchev–Trinajstić information content (AvgIpc) is 2.57. The highest BCUT2D eigenvalue weighted by Crippen LogP contribution is 2.36. The van der Waals surface area contributed by atoms with Crippen molar-refractivity contribution in [2.45, 2.75) is 53.9 Å². The number of aromatic nitrogens is 1. The molecule has 0 bridgehead atoms. The van der Waals surface area contributed by atoms with E-state index >= 15 is 0 Å². The molecule has 0 saturated carbocycles. The molecule has 0 unspecified atom stereocenters. The number of benzene rings is 1. The fraction of sp³-hybridized carbons (Fsp3) is 0.435. The highest BCUT2D eigenvalue weighted by Gasteiger charge is 2.16. The molecule has 0 aliphatic rings. The molecule has 25 heavy (non-hydrogen) atoms. The van der Waals surface area contributed by atoms with Crippen LogP contribution in [0.15, 0.2) is 42.6 Å². The fourth-order valence-corrected chi connectivity index (χ4v) is 3.06. The Kier molecular flexibility index (Phi) is 6.41. The van der Waals surface area contributed by atoms with Gasteiger partial charge >= 0.3 is 0 Å². The molecule has 0 spiro atoms. The molecule has 0 fully saturated rings. The van der Waals surface area contributed by atoms with E-state index in [0.717, 1.165) is 17.9 Å². The molecule has 0 amide bonds. The van der Waals surface area contributed by atoms with Crippen molar-refractivity contribution in [3.63, 3.8) is 0 Å². The molecular weight excluding hydrogens is 306 g/mol. The van der Waals surface area contributed by atoms with E-state index < -0.39 is 0 Å². The zero-order chi connectivity index (χ0) is 18.4. The minimum absolute atomic E-state index is 0.128. The second-order valence-corrected chi connectivity index (χ2v) is 7.72. The molecule has 0 radical (unpaired) electrons. The van der Waals surface area contributed by atoms with E-state index in [1.807, 2.05) is 18.3 Å². The second-order valence-electron chi connectivity index (χ2n) is 7.72. The third-order valence-electron chi connectivity index (χ3n) is 4.24. The van der Waals surface area contributed by atoms with Crippen LogP contribution in [0.5, 0.6) is 5.75 Å². The van der Waals surface area contributed by atoms with Gasteiger partial charge in [0.15, 0.2) is 0 Å². The first-order valence-corrected chi connectivity index (χ1v) is 9.18. The Bertz CT molecular complexity index is 738. The van der Waals surface area contributed by atoms with Gasteiger partial charge in [-0.3, -0.25) is 4.98 Å². The second kappa shape index (κ2) is 8.33. The first-order chi connectivity index (χ1) is 11.9. The molecule has 0 atom stereocenters. The van der Waals surface area contributed by atoms with Gasteiger partial charge in [0.25, 0.3) is 0 Å². The van der Waals surface area contributed by atoms with Crippen molar-refractivity contribution in [2.75, 3.05) is 7.11 Å². The number of allylic oxidation sites excluding steroid dienone is 2. The Balaban J connectivity index is 2.67. The van der Waals surface area contributed by atoms with Gasteiger partial charge in [-0.1, -0.05) is 46.3 Å². The number of hydrogen-bond donors (Lipinski definition) is 0. The summed E-state index contributed by atoms with van der Waals surface area (Å²) in [5.74, 6) is 0.892. The zero-order valence-electron chi connectivity index (χ0n) is 16.5. The molecule has 134 valence electrons. The molecule has 2 rings (SSSR count). The zero-order valence-corrected chi connectivity index (χ0v) is 16.5. The van der Waals surface area contributed by atoms with Gasteiger partial charge in [0.1, 0.15) is 5.75 Å². The van der Waals surface area contributed by atoms with Gasteiger partial charge in [-0.15, -0.1) is 0 Å². The Labute approximate surface area is 153 Å². The molecular formula is C23H31NO. The van der Waals surface area contributed by atoms with Gasteiger partial charge in [-0.05, 0) is 66.1 Å². The Hall–Kier alpha value is -2.09. The van der Waals surface area contributed by atoms with E-state index in [9.17, 15) is 0 Å². The first-order valence-electron chi connectivity index (χ1n) is 9.18. The average molecular weight is 338 g/mol. The van der Waals surface area contributed by atoms with E-state index in [2.05, 4.69) is 63.9 Å². The lowest BCUT2D eigenvalue weighted by Gasteiger charge is -2.20. The van der Waals surface area contributed by atoms with E-state index in [1.165, 1.54) is 35.1 Å². The van der Waals surface area contributed by atoms with Crippen molar-refractivity contribution < 1.29 is 4.74 Å². The smallest absolute Gasteiger partial charge is 0.119 e. The summed E-state index contributed by atoms with van der Waals surface area (Å²) in [6, 6.07) is 10.4. The van der Waals surface area contributed by atoms with Crippen LogP contribution in [-0.4, -0.2) is 12.1 Å². The molecule has 0 aliphatic heterocycles. The van der Waals surface area contributed by atoms with Gasteiger partial charge in [-0.25, -0.2) is 0 Å². The van der Waals surface area contributed by atoms with E-state index in [1.54, 1.807) is 7.11 Å². The number of rotatable bonds is 6. The van der Waals surface area contributed by atoms with Gasteiger partial charge in [0.2, 0.25) is 0 Å². The van der Waals surface area contributed by atoms with Crippen LogP contribution in [0, 0.1) is 12.3 Å². The van der Waals surface area contributed by atoms with Crippen LogP contribution in [0.4, 0.5) is 0 Å². The molecule has 1 aromatic carbocycles. The number of nitrogens with zero attached hydrogens (tertiary/aromatic N) is 1. The van der Waals surface area contributed by atoms with Gasteiger partial charge in [0.05, 0.1) is 12.8 Å². The number of aryl methyl sites for hydroxylation is 1. The third kappa shape index (κ3) is 5.19. The topological polar surface area (TPSA) is 22.1 Å². The van der Waals surface area contributed by atoms with Crippen LogP contribution in [0.3, 0.4) is 0 Å². The van der Waals surface area contributed by atoms with Crippen LogP contribution in [0.2, 0.25) is 0 Å². The molecule has 1 aromatic heterocycles. The summed E-state index contributed by atoms with van der Waals surface area (Å²) in [5, 5.41) is 0. The van der Waals surface area contributed by atoms with Gasteiger partial charge < -0.3 is 4.74 Å². The summed E-state index contributed by atoms with van der Waals surface area (Å²) in [7, 11) is 1.73. The maximum atomic E-state index is 5.51. The largest absolute Gasteiger partial charge is 0.497 e. The third-order valence-corrected chi connectivity index (χ3v) is 4.24. The molecule has 0 N–H and O–H groups in total. The number of unbranched alkanes of at least 4 members (excludes halogenated alkanes) is 1. The number of hydrogen-bond acceptors (Lipinski definition) is 2. The van der Waals surface area contributed by atoms with Crippen molar-refractivity contribution in [3.8, 4) is 17.0 Å². The summed E-state index contributed by atoms with van der Waals surface area (Å²) in [6.07, 6.45) is 7.71. The molecule has 0 saturated heterocycles. The number of methoxy groups -OCH3 is 1. The summed E-state index contributed by atoms with van der Waals surface area (Å²) in [5.41, 5.74) is 6.18. The van der Waals surface area contributed by atoms with E-state index in [4.69, 9.17) is 4.74 Å². The lowest BCUT2D eigenvalue weighted by atomic mass is 9.86. The predicted octanol–water partition coefficient (Wildman–Crippen LogP) is 6.69. The minimum Gasteiger partial charge on any atom is -0.497 e. The molecule has 2 nitrogen and oxygen atoms in total. The van der Waals surface area contributed by atoms with Crippen LogP contribution in [0.25, 0.3) is 16.8 Å². The van der Waals surface area contributed by atoms with E-state index in [0.29, 0.717) is 0 Å². The van der Waals surface area contributed by atoms with Crippen LogP contribution in [-0.2, 0) is 0 Å². The molecule has 2 aromatic rings. The Morgan fingerprint density at radius 2 is 1.96 bits per heavy atom. The van der Waals surface area contributed by atoms with Gasteiger partial charge in [0, 0.05) is 11.8 Å². The molecule has 2 heteroatoms. The Morgan fingerprint density at radius 1 is 1.20 bits per heavy atom. The van der Waals surface area contributed by atoms with Crippen molar-refractivity contribution in [1.82, 2.24) is 4.98 Å². The molecule has 1 heterocycles. The van der Waals surface area contributed by atoms with Crippen molar-refractivity contribution >= 4 is 5.57 Å². The number of ether oxygens (including phenoxy) is 1. The first kappa shape index (κ1) is 19.2. The minimum atomic E-state index is 0.128. The summed E-state index contributed by atoms with van der Waals surface area (Å²) in [6.45, 7) is 11.1. The maximum Gasteiger partial charge on any atom is 0.119 e. The lowest BCUT2D eigenvalue weighted by molar-refractivity contribution is 0.414. The van der Waals surface area contributed by atoms with Crippen LogP contribution in [0.1, 0.15) is 58.1 Å². The van der Waals surface area contributed by atoms with Crippen molar-refractivity contribution in [3.05, 3.63) is 53.7 Å². The highest BCUT2D eigenvalue weighted by molar-refractivity contribution is 5.82. The summed E-state index contributed by atoms with van der Waals surface area (Å²) < 4.78 is 5.51. The lowest BCUT2D eigenvalue weighted by Crippen LogP contribution is -2.03. The standard InChI is InChI=1S/C23H31NO/c1-7-8-11-18(16-23(3,4)5)21-15-19(25-6)12-13-20(21)22-17(2)10-9-14-24-22/h9-10,12-16H,7-8,11H2,1-6H3/b18-16+. The quantitative estimate of drug-likeness (QED) is 0.586. The van der Waals surface area contributed by atoms with Crippen LogP contribution >= 0.6 is 0 Å². The van der Waals surface area contributed by atoms with Gasteiger partial charge in [-0.2, -0.15) is 0 Å². The monoisotopic (exact) mass is 337 g/mol. The van der Waals surface area contributed by atoms with Crippen molar-refractivity contribution in [2.24, 2.45) is 5.41 Å². The summed E-state index contributed by atoms with van der Waals surface area (Å²) >= 11 is 0. The predicted molar refractivity (Wildman–Crippen MR) is 108 cm³/mol. The SMILES string of the molecule is CCCC/C(=C\C(C)(C)C)c1cc(OC)ccc1-c1ncccc1C. The normalized spacial score (nSPS) is 12.3. The molecule has 0 aliphatic carbocycles. The highest BCUT2D eigenvalue weighted by atomic mass is 16.5.